The SMILES string of the molecule is CC(=O)N1c2ccc(C#N)cc2[C@H](Nc2ccc(Cl)c(CO[Si](C)(C)C(C)(C)C)n2)[C@@H](C)[C@@H]1C1CC1. The van der Waals surface area contributed by atoms with Crippen molar-refractivity contribution in [3.05, 3.63) is 52.2 Å². The highest BCUT2D eigenvalue weighted by atomic mass is 35.5. The molecule has 1 aliphatic carbocycles. The van der Waals surface area contributed by atoms with E-state index in [-0.39, 0.29) is 28.9 Å². The van der Waals surface area contributed by atoms with Gasteiger partial charge in [-0.2, -0.15) is 5.26 Å². The standard InChI is InChI=1S/C28H37ClN4O2Si/c1-17-26(32-25-13-11-22(29)23(31-25)16-35-36(6,7)28(3,4)5)21-14-19(15-30)8-12-24(21)33(18(2)34)27(17)20-9-10-20/h8,11-14,17,20,26-27H,9-10,16H2,1-7H3,(H,31,32)/t17-,26-,27-/m1/s1. The minimum Gasteiger partial charge on any atom is -0.411 e. The molecule has 0 unspecified atom stereocenters. The van der Waals surface area contributed by atoms with E-state index in [0.717, 1.165) is 24.1 Å². The summed E-state index contributed by atoms with van der Waals surface area (Å²) in [7, 11) is -1.96. The maximum atomic E-state index is 12.8. The van der Waals surface area contributed by atoms with Crippen LogP contribution in [0.5, 0.6) is 0 Å². The van der Waals surface area contributed by atoms with Crippen molar-refractivity contribution in [2.24, 2.45) is 11.8 Å². The van der Waals surface area contributed by atoms with Crippen molar-refractivity contribution in [1.29, 1.82) is 5.26 Å². The first-order valence-electron chi connectivity index (χ1n) is 12.7. The number of pyridine rings is 1. The number of halogens is 1. The van der Waals surface area contributed by atoms with Gasteiger partial charge < -0.3 is 14.6 Å². The Balaban J connectivity index is 1.68. The van der Waals surface area contributed by atoms with E-state index in [1.807, 2.05) is 29.2 Å². The van der Waals surface area contributed by atoms with E-state index in [9.17, 15) is 10.1 Å². The molecule has 3 atom stereocenters. The molecule has 1 aromatic carbocycles. The van der Waals surface area contributed by atoms with Gasteiger partial charge >= 0.3 is 0 Å². The van der Waals surface area contributed by atoms with Crippen molar-refractivity contribution in [2.75, 3.05) is 10.2 Å². The Hall–Kier alpha value is -2.40. The van der Waals surface area contributed by atoms with E-state index < -0.39 is 8.32 Å². The molecule has 6 nitrogen and oxygen atoms in total. The van der Waals surface area contributed by atoms with Crippen LogP contribution >= 0.6 is 11.6 Å². The summed E-state index contributed by atoms with van der Waals surface area (Å²) in [6.45, 7) is 15.3. The summed E-state index contributed by atoms with van der Waals surface area (Å²) in [6.07, 6.45) is 2.26. The van der Waals surface area contributed by atoms with Crippen molar-refractivity contribution in [3.8, 4) is 6.07 Å². The van der Waals surface area contributed by atoms with Gasteiger partial charge in [0.15, 0.2) is 8.32 Å². The summed E-state index contributed by atoms with van der Waals surface area (Å²) in [5, 5.41) is 13.9. The second-order valence-electron chi connectivity index (χ2n) is 11.8. The second-order valence-corrected chi connectivity index (χ2v) is 17.0. The normalized spacial score (nSPS) is 22.1. The topological polar surface area (TPSA) is 78.2 Å². The Morgan fingerprint density at radius 1 is 1.28 bits per heavy atom. The fraction of sp³-hybridized carbons (Fsp3) is 0.536. The van der Waals surface area contributed by atoms with Gasteiger partial charge in [-0.25, -0.2) is 4.98 Å². The van der Waals surface area contributed by atoms with E-state index in [0.29, 0.717) is 34.6 Å². The minimum atomic E-state index is -1.96. The first kappa shape index (κ1) is 26.7. The Bertz CT molecular complexity index is 1200. The van der Waals surface area contributed by atoms with Crippen molar-refractivity contribution < 1.29 is 9.22 Å². The van der Waals surface area contributed by atoms with Gasteiger partial charge in [0.25, 0.3) is 0 Å². The van der Waals surface area contributed by atoms with E-state index in [4.69, 9.17) is 21.0 Å². The average Bonchev–Trinajstić information content (AvgIpc) is 3.64. The van der Waals surface area contributed by atoms with Crippen LogP contribution in [0.1, 0.15) is 70.3 Å². The lowest BCUT2D eigenvalue weighted by Crippen LogP contribution is -2.51. The lowest BCUT2D eigenvalue weighted by Gasteiger charge is -2.46. The van der Waals surface area contributed by atoms with Crippen LogP contribution in [0, 0.1) is 23.2 Å². The minimum absolute atomic E-state index is 0.0397. The molecule has 36 heavy (non-hydrogen) atoms. The molecule has 2 aliphatic rings. The molecule has 1 aromatic heterocycles. The van der Waals surface area contributed by atoms with E-state index in [1.165, 1.54) is 0 Å². The molecule has 8 heteroatoms. The predicted molar refractivity (Wildman–Crippen MR) is 148 cm³/mol. The molecular formula is C28H37ClN4O2Si. The average molecular weight is 525 g/mol. The third kappa shape index (κ3) is 5.18. The van der Waals surface area contributed by atoms with Gasteiger partial charge in [-0.3, -0.25) is 4.79 Å². The van der Waals surface area contributed by atoms with Gasteiger partial charge in [0, 0.05) is 24.6 Å². The molecule has 1 aliphatic heterocycles. The number of aromatic nitrogens is 1. The van der Waals surface area contributed by atoms with Gasteiger partial charge in [-0.05, 0) is 72.8 Å². The van der Waals surface area contributed by atoms with Crippen molar-refractivity contribution in [3.63, 3.8) is 0 Å². The number of carbonyl (C=O) groups is 1. The maximum absolute atomic E-state index is 12.8. The fourth-order valence-electron chi connectivity index (χ4n) is 4.93. The Morgan fingerprint density at radius 3 is 2.56 bits per heavy atom. The molecule has 2 heterocycles. The molecule has 2 aromatic rings. The number of anilines is 2. The Morgan fingerprint density at radius 2 is 1.97 bits per heavy atom. The van der Waals surface area contributed by atoms with Crippen LogP contribution in [-0.2, 0) is 15.8 Å². The number of carbonyl (C=O) groups excluding carboxylic acids is 1. The number of rotatable bonds is 6. The largest absolute Gasteiger partial charge is 0.411 e. The van der Waals surface area contributed by atoms with Crippen molar-refractivity contribution >= 4 is 37.3 Å². The number of hydrogen-bond acceptors (Lipinski definition) is 5. The van der Waals surface area contributed by atoms with Crippen LogP contribution in [0.4, 0.5) is 11.5 Å². The van der Waals surface area contributed by atoms with E-state index in [1.54, 1.807) is 13.0 Å². The number of amides is 1. The van der Waals surface area contributed by atoms with Crippen LogP contribution in [-0.4, -0.2) is 25.3 Å². The molecule has 1 saturated carbocycles. The molecule has 0 saturated heterocycles. The quantitative estimate of drug-likeness (QED) is 0.409. The summed E-state index contributed by atoms with van der Waals surface area (Å²) >= 11 is 6.52. The zero-order chi connectivity index (χ0) is 26.4. The number of hydrogen-bond donors (Lipinski definition) is 1. The third-order valence-corrected chi connectivity index (χ3v) is 13.0. The van der Waals surface area contributed by atoms with Gasteiger partial charge in [0.2, 0.25) is 5.91 Å². The van der Waals surface area contributed by atoms with Crippen LogP contribution in [0.3, 0.4) is 0 Å². The van der Waals surface area contributed by atoms with Crippen molar-refractivity contribution in [2.45, 2.75) is 84.3 Å². The second kappa shape index (κ2) is 9.81. The highest BCUT2D eigenvalue weighted by Gasteiger charge is 2.47. The van der Waals surface area contributed by atoms with Gasteiger partial charge in [-0.15, -0.1) is 0 Å². The number of benzene rings is 1. The molecule has 1 fully saturated rings. The van der Waals surface area contributed by atoms with Crippen LogP contribution in [0.15, 0.2) is 30.3 Å². The summed E-state index contributed by atoms with van der Waals surface area (Å²) in [4.78, 5) is 19.6. The van der Waals surface area contributed by atoms with E-state index >= 15 is 0 Å². The molecule has 0 radical (unpaired) electrons. The molecule has 0 spiro atoms. The zero-order valence-electron chi connectivity index (χ0n) is 22.4. The van der Waals surface area contributed by atoms with Gasteiger partial charge in [-0.1, -0.05) is 39.3 Å². The molecule has 4 rings (SSSR count). The summed E-state index contributed by atoms with van der Waals surface area (Å²) < 4.78 is 6.39. The number of fused-ring (bicyclic) bond motifs is 1. The monoisotopic (exact) mass is 524 g/mol. The number of nitriles is 1. The fourth-order valence-corrected chi connectivity index (χ4v) is 6.02. The molecular weight excluding hydrogens is 488 g/mol. The maximum Gasteiger partial charge on any atom is 0.224 e. The van der Waals surface area contributed by atoms with Gasteiger partial charge in [0.05, 0.1) is 35.0 Å². The first-order chi connectivity index (χ1) is 16.8. The third-order valence-electron chi connectivity index (χ3n) is 8.16. The van der Waals surface area contributed by atoms with Crippen molar-refractivity contribution in [1.82, 2.24) is 4.98 Å². The zero-order valence-corrected chi connectivity index (χ0v) is 24.1. The highest BCUT2D eigenvalue weighted by molar-refractivity contribution is 6.74. The number of nitrogens with one attached hydrogen (secondary N) is 1. The van der Waals surface area contributed by atoms with Crippen LogP contribution in [0.2, 0.25) is 23.2 Å². The molecule has 192 valence electrons. The summed E-state index contributed by atoms with van der Waals surface area (Å²) in [5.41, 5.74) is 3.12. The molecule has 1 amide bonds. The lowest BCUT2D eigenvalue weighted by atomic mass is 9.79. The molecule has 0 bridgehead atoms. The van der Waals surface area contributed by atoms with Crippen LogP contribution in [0.25, 0.3) is 0 Å². The summed E-state index contributed by atoms with van der Waals surface area (Å²) in [6, 6.07) is 11.6. The predicted octanol–water partition coefficient (Wildman–Crippen LogP) is 7.06. The molecule has 1 N–H and O–H groups in total. The van der Waals surface area contributed by atoms with Crippen LogP contribution < -0.4 is 10.2 Å². The Kier molecular flexibility index (Phi) is 7.26. The van der Waals surface area contributed by atoms with Gasteiger partial charge in [0.1, 0.15) is 5.82 Å². The highest BCUT2D eigenvalue weighted by Crippen LogP contribution is 2.50. The Labute approximate surface area is 221 Å². The number of nitrogens with zero attached hydrogens (tertiary/aromatic N) is 3. The first-order valence-corrected chi connectivity index (χ1v) is 16.0. The summed E-state index contributed by atoms with van der Waals surface area (Å²) in [5.74, 6) is 1.37. The smallest absolute Gasteiger partial charge is 0.224 e. The lowest BCUT2D eigenvalue weighted by molar-refractivity contribution is -0.117. The van der Waals surface area contributed by atoms with E-state index in [2.05, 4.69) is 52.2 Å².